The second-order valence-corrected chi connectivity index (χ2v) is 5.81. The topological polar surface area (TPSA) is 72.7 Å². The van der Waals surface area contributed by atoms with E-state index in [2.05, 4.69) is 16.3 Å². The third-order valence-electron chi connectivity index (χ3n) is 3.46. The minimum absolute atomic E-state index is 0.404. The number of fused-ring (bicyclic) bond motifs is 1. The Balaban J connectivity index is 2.43. The van der Waals surface area contributed by atoms with E-state index in [0.717, 1.165) is 16.5 Å². The number of hydrogen-bond acceptors (Lipinski definition) is 3. The Bertz CT molecular complexity index is 627. The molecule has 5 heteroatoms. The number of hydrogen-bond donors (Lipinski definition) is 2. The molecule has 0 aliphatic carbocycles. The number of H-pyrrole nitrogens is 1. The Hall–Kier alpha value is -1.57. The number of aromatic amines is 1. The highest BCUT2D eigenvalue weighted by atomic mass is 35.5. The number of rotatable bonds is 4. The molecule has 2 aromatic rings. The van der Waals surface area contributed by atoms with Crippen molar-refractivity contribution in [3.8, 4) is 6.07 Å². The van der Waals surface area contributed by atoms with Crippen molar-refractivity contribution in [1.29, 1.82) is 5.26 Å². The van der Waals surface area contributed by atoms with Crippen molar-refractivity contribution < 1.29 is 5.11 Å². The lowest BCUT2D eigenvalue weighted by Gasteiger charge is -2.30. The molecular weight excluding hydrogens is 262 g/mol. The Morgan fingerprint density at radius 3 is 2.95 bits per heavy atom. The van der Waals surface area contributed by atoms with Gasteiger partial charge >= 0.3 is 0 Å². The third kappa shape index (κ3) is 2.73. The number of nitrogens with zero attached hydrogens (tertiary/aromatic N) is 2. The summed E-state index contributed by atoms with van der Waals surface area (Å²) in [4.78, 5) is 0. The molecule has 0 saturated carbocycles. The third-order valence-corrected chi connectivity index (χ3v) is 3.68. The van der Waals surface area contributed by atoms with Crippen molar-refractivity contribution in [2.45, 2.75) is 32.8 Å². The van der Waals surface area contributed by atoms with Crippen LogP contribution in [0.3, 0.4) is 0 Å². The lowest BCUT2D eigenvalue weighted by Crippen LogP contribution is -2.22. The van der Waals surface area contributed by atoms with Gasteiger partial charge in [-0.1, -0.05) is 25.4 Å². The van der Waals surface area contributed by atoms with E-state index < -0.39 is 11.5 Å². The first kappa shape index (κ1) is 13.9. The van der Waals surface area contributed by atoms with Crippen LogP contribution in [0.25, 0.3) is 10.9 Å². The minimum atomic E-state index is -0.706. The summed E-state index contributed by atoms with van der Waals surface area (Å²) < 4.78 is 0. The van der Waals surface area contributed by atoms with E-state index in [9.17, 15) is 5.11 Å². The van der Waals surface area contributed by atoms with E-state index in [-0.39, 0.29) is 0 Å². The maximum atomic E-state index is 10.6. The standard InChI is InChI=1S/C14H16ClN3O/c1-14(2,4-3-5-16)13(19)11-7-10(15)6-9-8-17-18-12(9)11/h6-8,13,19H,3-4H2,1-2H3,(H,17,18). The molecule has 1 unspecified atom stereocenters. The van der Waals surface area contributed by atoms with Gasteiger partial charge in [-0.15, -0.1) is 0 Å². The van der Waals surface area contributed by atoms with Crippen LogP contribution in [0.15, 0.2) is 18.3 Å². The fourth-order valence-corrected chi connectivity index (χ4v) is 2.43. The highest BCUT2D eigenvalue weighted by molar-refractivity contribution is 6.31. The van der Waals surface area contributed by atoms with Gasteiger partial charge in [0.2, 0.25) is 0 Å². The number of aliphatic hydroxyl groups is 1. The predicted molar refractivity (Wildman–Crippen MR) is 74.7 cm³/mol. The fraction of sp³-hybridized carbons (Fsp3) is 0.429. The smallest absolute Gasteiger partial charge is 0.0862 e. The largest absolute Gasteiger partial charge is 0.388 e. The summed E-state index contributed by atoms with van der Waals surface area (Å²) >= 11 is 6.07. The second-order valence-electron chi connectivity index (χ2n) is 5.38. The Labute approximate surface area is 117 Å². The van der Waals surface area contributed by atoms with Crippen LogP contribution in [0.1, 0.15) is 38.4 Å². The molecular formula is C14H16ClN3O. The summed E-state index contributed by atoms with van der Waals surface area (Å²) in [5.74, 6) is 0. The van der Waals surface area contributed by atoms with Crippen molar-refractivity contribution in [2.24, 2.45) is 5.41 Å². The molecule has 2 N–H and O–H groups in total. The van der Waals surface area contributed by atoms with Crippen molar-refractivity contribution >= 4 is 22.5 Å². The van der Waals surface area contributed by atoms with E-state index in [1.54, 1.807) is 18.3 Å². The van der Waals surface area contributed by atoms with E-state index in [0.29, 0.717) is 17.9 Å². The van der Waals surface area contributed by atoms with Gasteiger partial charge in [-0.05, 0) is 24.0 Å². The summed E-state index contributed by atoms with van der Waals surface area (Å²) in [6.45, 7) is 3.89. The van der Waals surface area contributed by atoms with Crippen molar-refractivity contribution in [2.75, 3.05) is 0 Å². The molecule has 1 atom stereocenters. The first-order valence-electron chi connectivity index (χ1n) is 6.13. The van der Waals surface area contributed by atoms with Gasteiger partial charge in [-0.3, -0.25) is 5.10 Å². The van der Waals surface area contributed by atoms with Crippen molar-refractivity contribution in [1.82, 2.24) is 10.2 Å². The highest BCUT2D eigenvalue weighted by Gasteiger charge is 2.30. The molecule has 0 aliphatic rings. The van der Waals surface area contributed by atoms with E-state index in [4.69, 9.17) is 16.9 Å². The quantitative estimate of drug-likeness (QED) is 0.897. The van der Waals surface area contributed by atoms with Crippen LogP contribution < -0.4 is 0 Å². The molecule has 0 aliphatic heterocycles. The second kappa shape index (κ2) is 5.20. The van der Waals surface area contributed by atoms with Crippen molar-refractivity contribution in [3.63, 3.8) is 0 Å². The Morgan fingerprint density at radius 1 is 1.53 bits per heavy atom. The van der Waals surface area contributed by atoms with Gasteiger partial charge in [0, 0.05) is 22.4 Å². The number of aromatic nitrogens is 2. The van der Waals surface area contributed by atoms with Crippen molar-refractivity contribution in [3.05, 3.63) is 28.9 Å². The molecule has 19 heavy (non-hydrogen) atoms. The van der Waals surface area contributed by atoms with Crippen LogP contribution in [0.2, 0.25) is 5.02 Å². The van der Waals surface area contributed by atoms with Crippen LogP contribution in [0, 0.1) is 16.7 Å². The number of aliphatic hydroxyl groups excluding tert-OH is 1. The normalized spacial score (nSPS) is 13.4. The zero-order chi connectivity index (χ0) is 14.0. The predicted octanol–water partition coefficient (Wildman–Crippen LogP) is 3.58. The molecule has 0 spiro atoms. The Morgan fingerprint density at radius 2 is 2.26 bits per heavy atom. The number of nitrogens with one attached hydrogen (secondary N) is 1. The van der Waals surface area contributed by atoms with Crippen LogP contribution in [0.5, 0.6) is 0 Å². The monoisotopic (exact) mass is 277 g/mol. The zero-order valence-corrected chi connectivity index (χ0v) is 11.7. The Kier molecular flexibility index (Phi) is 3.79. The maximum Gasteiger partial charge on any atom is 0.0862 e. The van der Waals surface area contributed by atoms with Gasteiger partial charge < -0.3 is 5.11 Å². The molecule has 1 heterocycles. The van der Waals surface area contributed by atoms with Gasteiger partial charge in [-0.25, -0.2) is 0 Å². The number of halogens is 1. The SMILES string of the molecule is CC(C)(CCC#N)C(O)c1cc(Cl)cc2cn[nH]c12. The van der Waals surface area contributed by atoms with Gasteiger partial charge in [0.05, 0.1) is 23.9 Å². The van der Waals surface area contributed by atoms with Crippen LogP contribution >= 0.6 is 11.6 Å². The summed E-state index contributed by atoms with van der Waals surface area (Å²) in [7, 11) is 0. The first-order valence-corrected chi connectivity index (χ1v) is 6.51. The molecule has 0 saturated heterocycles. The summed E-state index contributed by atoms with van der Waals surface area (Å²) in [6, 6.07) is 5.67. The summed E-state index contributed by atoms with van der Waals surface area (Å²) in [6.07, 6.45) is 2.01. The van der Waals surface area contributed by atoms with Gasteiger partial charge in [0.1, 0.15) is 0 Å². The van der Waals surface area contributed by atoms with Gasteiger partial charge in [0.15, 0.2) is 0 Å². The molecule has 100 valence electrons. The van der Waals surface area contributed by atoms with E-state index >= 15 is 0 Å². The molecule has 2 rings (SSSR count). The van der Waals surface area contributed by atoms with Crippen LogP contribution in [0.4, 0.5) is 0 Å². The number of nitriles is 1. The first-order chi connectivity index (χ1) is 8.95. The average Bonchev–Trinajstić information content (AvgIpc) is 2.82. The molecule has 0 radical (unpaired) electrons. The fourth-order valence-electron chi connectivity index (χ4n) is 2.20. The van der Waals surface area contributed by atoms with Crippen LogP contribution in [-0.2, 0) is 0 Å². The molecule has 1 aromatic heterocycles. The van der Waals surface area contributed by atoms with Crippen LogP contribution in [-0.4, -0.2) is 15.3 Å². The molecule has 0 fully saturated rings. The minimum Gasteiger partial charge on any atom is -0.388 e. The maximum absolute atomic E-state index is 10.6. The summed E-state index contributed by atoms with van der Waals surface area (Å²) in [5, 5.41) is 27.6. The zero-order valence-electron chi connectivity index (χ0n) is 10.9. The molecule has 0 amide bonds. The number of benzene rings is 1. The van der Waals surface area contributed by atoms with E-state index in [1.165, 1.54) is 0 Å². The van der Waals surface area contributed by atoms with Gasteiger partial charge in [0.25, 0.3) is 0 Å². The highest BCUT2D eigenvalue weighted by Crippen LogP contribution is 2.40. The summed E-state index contributed by atoms with van der Waals surface area (Å²) in [5.41, 5.74) is 1.11. The lowest BCUT2D eigenvalue weighted by molar-refractivity contribution is 0.0450. The van der Waals surface area contributed by atoms with Gasteiger partial charge in [-0.2, -0.15) is 10.4 Å². The molecule has 0 bridgehead atoms. The van der Waals surface area contributed by atoms with E-state index in [1.807, 2.05) is 13.8 Å². The molecule has 1 aromatic carbocycles. The average molecular weight is 278 g/mol. The molecule has 4 nitrogen and oxygen atoms in total. The lowest BCUT2D eigenvalue weighted by atomic mass is 9.78.